The van der Waals surface area contributed by atoms with Crippen LogP contribution in [0.2, 0.25) is 0 Å². The Bertz CT molecular complexity index is 749. The van der Waals surface area contributed by atoms with Crippen LogP contribution in [-0.4, -0.2) is 76.3 Å². The highest BCUT2D eigenvalue weighted by molar-refractivity contribution is 5.78. The molecule has 0 spiro atoms. The topological polar surface area (TPSA) is 81.7 Å². The third-order valence-corrected chi connectivity index (χ3v) is 6.13. The van der Waals surface area contributed by atoms with E-state index in [2.05, 4.69) is 10.2 Å². The summed E-state index contributed by atoms with van der Waals surface area (Å²) < 4.78 is 0. The minimum Gasteiger partial charge on any atom is -0.373 e. The number of aromatic nitrogens is 2. The van der Waals surface area contributed by atoms with Crippen molar-refractivity contribution in [2.45, 2.75) is 59.0 Å². The number of likely N-dealkylation sites (tertiary alicyclic amines) is 1. The van der Waals surface area contributed by atoms with Gasteiger partial charge in [-0.2, -0.15) is 0 Å². The predicted molar refractivity (Wildman–Crippen MR) is 112 cm³/mol. The molecule has 3 heterocycles. The lowest BCUT2D eigenvalue weighted by molar-refractivity contribution is -0.133. The van der Waals surface area contributed by atoms with Gasteiger partial charge in [-0.05, 0) is 39.7 Å². The van der Waals surface area contributed by atoms with Gasteiger partial charge in [0.1, 0.15) is 11.6 Å². The maximum absolute atomic E-state index is 12.7. The van der Waals surface area contributed by atoms with Crippen LogP contribution in [0.4, 0.5) is 5.82 Å². The number of likely N-dealkylation sites (N-methyl/N-ethyl adjacent to an activating group) is 1. The summed E-state index contributed by atoms with van der Waals surface area (Å²) >= 11 is 0. The van der Waals surface area contributed by atoms with Crippen LogP contribution in [0.15, 0.2) is 0 Å². The van der Waals surface area contributed by atoms with E-state index in [-0.39, 0.29) is 17.9 Å². The first kappa shape index (κ1) is 21.5. The molecule has 0 aliphatic carbocycles. The first-order chi connectivity index (χ1) is 14.0. The lowest BCUT2D eigenvalue weighted by Crippen LogP contribution is -2.44. The molecule has 2 aliphatic rings. The van der Waals surface area contributed by atoms with Crippen molar-refractivity contribution in [3.63, 3.8) is 0 Å². The first-order valence-corrected chi connectivity index (χ1v) is 10.8. The number of amides is 2. The van der Waals surface area contributed by atoms with Gasteiger partial charge in [0.2, 0.25) is 11.8 Å². The molecule has 0 aromatic carbocycles. The van der Waals surface area contributed by atoms with Crippen molar-refractivity contribution in [3.05, 3.63) is 17.1 Å². The molecule has 29 heavy (non-hydrogen) atoms. The van der Waals surface area contributed by atoms with Crippen LogP contribution in [0.5, 0.6) is 0 Å². The Morgan fingerprint density at radius 2 is 1.93 bits per heavy atom. The maximum Gasteiger partial charge on any atom is 0.236 e. The van der Waals surface area contributed by atoms with Crippen molar-refractivity contribution in [3.8, 4) is 0 Å². The van der Waals surface area contributed by atoms with Crippen LogP contribution in [0.25, 0.3) is 0 Å². The fraction of sp³-hybridized carbons (Fsp3) is 0.714. The van der Waals surface area contributed by atoms with Gasteiger partial charge < -0.3 is 15.1 Å². The number of piperidine rings is 1. The number of rotatable bonds is 6. The van der Waals surface area contributed by atoms with E-state index in [1.807, 2.05) is 30.7 Å². The summed E-state index contributed by atoms with van der Waals surface area (Å²) in [7, 11) is 1.88. The molecule has 0 saturated carbocycles. The zero-order valence-corrected chi connectivity index (χ0v) is 18.2. The summed E-state index contributed by atoms with van der Waals surface area (Å²) in [6, 6.07) is 0.0355. The second-order valence-electron chi connectivity index (χ2n) is 7.84. The Kier molecular flexibility index (Phi) is 7.05. The number of nitrogens with zero attached hydrogens (tertiary/aromatic N) is 5. The Hall–Kier alpha value is -2.22. The number of carbonyl (C=O) groups excluding carboxylic acids is 2. The smallest absolute Gasteiger partial charge is 0.236 e. The van der Waals surface area contributed by atoms with Gasteiger partial charge >= 0.3 is 0 Å². The molecule has 160 valence electrons. The third-order valence-electron chi connectivity index (χ3n) is 6.13. The summed E-state index contributed by atoms with van der Waals surface area (Å²) in [4.78, 5) is 40.3. The molecule has 2 aliphatic heterocycles. The highest BCUT2D eigenvalue weighted by Crippen LogP contribution is 2.32. The molecule has 3 rings (SSSR count). The Morgan fingerprint density at radius 3 is 2.59 bits per heavy atom. The average molecular weight is 403 g/mol. The molecule has 1 fully saturated rings. The highest BCUT2D eigenvalue weighted by Gasteiger charge is 2.31. The second kappa shape index (κ2) is 9.52. The van der Waals surface area contributed by atoms with E-state index in [1.54, 1.807) is 6.92 Å². The van der Waals surface area contributed by atoms with E-state index in [0.29, 0.717) is 19.6 Å². The fourth-order valence-corrected chi connectivity index (χ4v) is 4.40. The van der Waals surface area contributed by atoms with E-state index in [9.17, 15) is 9.59 Å². The zero-order valence-electron chi connectivity index (χ0n) is 18.2. The molecular weight excluding hydrogens is 368 g/mol. The van der Waals surface area contributed by atoms with Gasteiger partial charge in [0.05, 0.1) is 24.8 Å². The normalized spacial score (nSPS) is 19.6. The van der Waals surface area contributed by atoms with Gasteiger partial charge in [0, 0.05) is 39.2 Å². The molecule has 1 saturated heterocycles. The number of anilines is 1. The molecule has 0 radical (unpaired) electrons. The number of hydrogen-bond acceptors (Lipinski definition) is 6. The molecule has 1 aromatic rings. The summed E-state index contributed by atoms with van der Waals surface area (Å²) in [6.07, 6.45) is 3.91. The summed E-state index contributed by atoms with van der Waals surface area (Å²) in [5, 5.41) is 3.22. The van der Waals surface area contributed by atoms with Crippen LogP contribution in [0, 0.1) is 0 Å². The summed E-state index contributed by atoms with van der Waals surface area (Å²) in [6.45, 7) is 9.61. The Morgan fingerprint density at radius 1 is 1.17 bits per heavy atom. The van der Waals surface area contributed by atoms with Crippen molar-refractivity contribution >= 4 is 17.6 Å². The minimum absolute atomic E-state index is 0.0355. The molecule has 1 atom stereocenters. The van der Waals surface area contributed by atoms with Gasteiger partial charge in [0.25, 0.3) is 0 Å². The van der Waals surface area contributed by atoms with Crippen molar-refractivity contribution in [1.29, 1.82) is 0 Å². The molecule has 1 aromatic heterocycles. The molecule has 1 N–H and O–H groups in total. The molecule has 1 unspecified atom stereocenters. The monoisotopic (exact) mass is 402 g/mol. The SMILES string of the molecule is CCN(CC)C(=O)CN1CCCCC1c1nc2c(c(NC)n1)CCN(C(C)=O)C2. The standard InChI is InChI=1S/C21H34N6O2/c1-5-25(6-2)19(29)14-27-11-8-7-9-18(27)21-23-17-13-26(15(3)28)12-10-16(17)20(22-4)24-21/h18H,5-14H2,1-4H3,(H,22,23,24). The van der Waals surface area contributed by atoms with Crippen LogP contribution in [0.3, 0.4) is 0 Å². The fourth-order valence-electron chi connectivity index (χ4n) is 4.40. The van der Waals surface area contributed by atoms with Gasteiger partial charge in [-0.1, -0.05) is 6.42 Å². The molecule has 2 amide bonds. The number of fused-ring (bicyclic) bond motifs is 1. The van der Waals surface area contributed by atoms with Gasteiger partial charge in [0.15, 0.2) is 0 Å². The van der Waals surface area contributed by atoms with Crippen LogP contribution >= 0.6 is 0 Å². The number of nitrogens with one attached hydrogen (secondary N) is 1. The van der Waals surface area contributed by atoms with Crippen molar-refractivity contribution in [1.82, 2.24) is 24.7 Å². The van der Waals surface area contributed by atoms with E-state index in [0.717, 1.165) is 68.2 Å². The summed E-state index contributed by atoms with van der Waals surface area (Å²) in [5.74, 6) is 1.86. The highest BCUT2D eigenvalue weighted by atomic mass is 16.2. The van der Waals surface area contributed by atoms with Crippen LogP contribution in [0.1, 0.15) is 63.2 Å². The molecular formula is C21H34N6O2. The lowest BCUT2D eigenvalue weighted by Gasteiger charge is -2.36. The molecule has 0 bridgehead atoms. The average Bonchev–Trinajstić information content (AvgIpc) is 2.73. The Balaban J connectivity index is 1.88. The Labute approximate surface area is 173 Å². The minimum atomic E-state index is 0.0355. The second-order valence-corrected chi connectivity index (χ2v) is 7.84. The zero-order chi connectivity index (χ0) is 21.0. The lowest BCUT2D eigenvalue weighted by atomic mass is 9.99. The van der Waals surface area contributed by atoms with Crippen molar-refractivity contribution in [2.75, 3.05) is 45.1 Å². The van der Waals surface area contributed by atoms with E-state index in [1.165, 1.54) is 0 Å². The number of hydrogen-bond donors (Lipinski definition) is 1. The quantitative estimate of drug-likeness (QED) is 0.782. The van der Waals surface area contributed by atoms with Gasteiger partial charge in [-0.3, -0.25) is 14.5 Å². The van der Waals surface area contributed by atoms with E-state index >= 15 is 0 Å². The maximum atomic E-state index is 12.7. The van der Waals surface area contributed by atoms with Crippen molar-refractivity contribution < 1.29 is 9.59 Å². The van der Waals surface area contributed by atoms with Gasteiger partial charge in [-0.25, -0.2) is 9.97 Å². The third kappa shape index (κ3) is 4.69. The van der Waals surface area contributed by atoms with E-state index < -0.39 is 0 Å². The first-order valence-electron chi connectivity index (χ1n) is 10.8. The van der Waals surface area contributed by atoms with Crippen molar-refractivity contribution in [2.24, 2.45) is 0 Å². The van der Waals surface area contributed by atoms with E-state index in [4.69, 9.17) is 9.97 Å². The van der Waals surface area contributed by atoms with Gasteiger partial charge in [-0.15, -0.1) is 0 Å². The predicted octanol–water partition coefficient (Wildman–Crippen LogP) is 1.82. The molecule has 8 heteroatoms. The summed E-state index contributed by atoms with van der Waals surface area (Å²) in [5.41, 5.74) is 2.04. The number of carbonyl (C=O) groups is 2. The largest absolute Gasteiger partial charge is 0.373 e. The van der Waals surface area contributed by atoms with Crippen LogP contribution in [-0.2, 0) is 22.6 Å². The van der Waals surface area contributed by atoms with Crippen LogP contribution < -0.4 is 5.32 Å². The molecule has 8 nitrogen and oxygen atoms in total.